The van der Waals surface area contributed by atoms with E-state index in [0.29, 0.717) is 18.9 Å². The number of methoxy groups -OCH3 is 1. The third kappa shape index (κ3) is 8.09. The maximum atomic E-state index is 12.0. The van der Waals surface area contributed by atoms with Crippen molar-refractivity contribution in [1.82, 2.24) is 4.90 Å². The summed E-state index contributed by atoms with van der Waals surface area (Å²) in [5, 5.41) is 0. The van der Waals surface area contributed by atoms with E-state index in [1.807, 2.05) is 0 Å². The summed E-state index contributed by atoms with van der Waals surface area (Å²) in [6.07, 6.45) is 3.76. The average Bonchev–Trinajstić information content (AvgIpc) is 2.35. The summed E-state index contributed by atoms with van der Waals surface area (Å²) in [6.45, 7) is 7.54. The molecule has 0 atom stereocenters. The second kappa shape index (κ2) is 9.92. The zero-order valence-electron chi connectivity index (χ0n) is 12.2. The van der Waals surface area contributed by atoms with E-state index in [1.54, 1.807) is 4.90 Å². The van der Waals surface area contributed by atoms with Crippen LogP contribution in [0.5, 0.6) is 0 Å². The van der Waals surface area contributed by atoms with Gasteiger partial charge >= 0.3 is 5.97 Å². The van der Waals surface area contributed by atoms with Crippen LogP contribution >= 0.6 is 0 Å². The van der Waals surface area contributed by atoms with Crippen molar-refractivity contribution in [2.24, 2.45) is 5.92 Å². The first-order valence-electron chi connectivity index (χ1n) is 6.85. The number of hydrogen-bond donors (Lipinski definition) is 0. The van der Waals surface area contributed by atoms with Crippen molar-refractivity contribution in [1.29, 1.82) is 0 Å². The van der Waals surface area contributed by atoms with Crippen molar-refractivity contribution in [3.05, 3.63) is 0 Å². The van der Waals surface area contributed by atoms with E-state index in [0.717, 1.165) is 25.8 Å². The Hall–Kier alpha value is -1.06. The van der Waals surface area contributed by atoms with Crippen LogP contribution in [-0.2, 0) is 14.3 Å². The van der Waals surface area contributed by atoms with Crippen molar-refractivity contribution >= 4 is 11.9 Å². The highest BCUT2D eigenvalue weighted by Crippen LogP contribution is 2.07. The first kappa shape index (κ1) is 16.9. The van der Waals surface area contributed by atoms with Gasteiger partial charge < -0.3 is 9.64 Å². The molecule has 0 radical (unpaired) electrons. The molecule has 4 nitrogen and oxygen atoms in total. The van der Waals surface area contributed by atoms with E-state index in [9.17, 15) is 9.59 Å². The molecule has 1 amide bonds. The molecule has 0 aromatic heterocycles. The van der Waals surface area contributed by atoms with Crippen LogP contribution in [0.25, 0.3) is 0 Å². The van der Waals surface area contributed by atoms with Crippen LogP contribution in [0.3, 0.4) is 0 Å². The fourth-order valence-electron chi connectivity index (χ4n) is 1.59. The van der Waals surface area contributed by atoms with Gasteiger partial charge in [0, 0.05) is 19.5 Å². The van der Waals surface area contributed by atoms with Crippen molar-refractivity contribution in [2.75, 3.05) is 20.2 Å². The molecule has 0 saturated heterocycles. The van der Waals surface area contributed by atoms with Crippen molar-refractivity contribution < 1.29 is 14.3 Å². The quantitative estimate of drug-likeness (QED) is 0.596. The molecule has 18 heavy (non-hydrogen) atoms. The lowest BCUT2D eigenvalue weighted by atomic mass is 10.1. The molecule has 0 unspecified atom stereocenters. The van der Waals surface area contributed by atoms with Crippen LogP contribution < -0.4 is 0 Å². The number of carbonyl (C=O) groups excluding carboxylic acids is 2. The Kier molecular flexibility index (Phi) is 9.33. The molecule has 0 heterocycles. The highest BCUT2D eigenvalue weighted by Gasteiger charge is 2.14. The minimum atomic E-state index is -0.257. The molecule has 106 valence electrons. The third-order valence-corrected chi connectivity index (χ3v) is 2.89. The number of nitrogens with zero attached hydrogens (tertiary/aromatic N) is 1. The lowest BCUT2D eigenvalue weighted by molar-refractivity contribution is -0.141. The van der Waals surface area contributed by atoms with Gasteiger partial charge in [0.05, 0.1) is 13.5 Å². The van der Waals surface area contributed by atoms with Gasteiger partial charge in [0.15, 0.2) is 0 Å². The molecule has 0 aliphatic heterocycles. The Morgan fingerprint density at radius 1 is 1.17 bits per heavy atom. The summed E-state index contributed by atoms with van der Waals surface area (Å²) in [7, 11) is 1.37. The van der Waals surface area contributed by atoms with Gasteiger partial charge in [0.1, 0.15) is 0 Å². The molecular formula is C14H27NO3. The summed E-state index contributed by atoms with van der Waals surface area (Å²) >= 11 is 0. The van der Waals surface area contributed by atoms with Gasteiger partial charge in [-0.05, 0) is 18.8 Å². The third-order valence-electron chi connectivity index (χ3n) is 2.89. The van der Waals surface area contributed by atoms with Crippen LogP contribution in [0.2, 0.25) is 0 Å². The first-order chi connectivity index (χ1) is 8.51. The minimum absolute atomic E-state index is 0.154. The van der Waals surface area contributed by atoms with Gasteiger partial charge in [0.2, 0.25) is 5.91 Å². The standard InChI is InChI=1S/C14H27NO3/c1-5-6-7-13(16)15(10-8-12(2)3)11-9-14(17)18-4/h12H,5-11H2,1-4H3. The van der Waals surface area contributed by atoms with Gasteiger partial charge in [-0.15, -0.1) is 0 Å². The molecule has 4 heteroatoms. The van der Waals surface area contributed by atoms with E-state index in [4.69, 9.17) is 0 Å². The van der Waals surface area contributed by atoms with Crippen LogP contribution in [0, 0.1) is 5.92 Å². The Bertz CT molecular complexity index is 251. The van der Waals surface area contributed by atoms with Crippen LogP contribution in [-0.4, -0.2) is 37.0 Å². The summed E-state index contributed by atoms with van der Waals surface area (Å²) in [4.78, 5) is 24.9. The maximum Gasteiger partial charge on any atom is 0.307 e. The zero-order chi connectivity index (χ0) is 14.0. The average molecular weight is 257 g/mol. The zero-order valence-corrected chi connectivity index (χ0v) is 12.2. The largest absolute Gasteiger partial charge is 0.469 e. The number of unbranched alkanes of at least 4 members (excludes halogenated alkanes) is 1. The minimum Gasteiger partial charge on any atom is -0.469 e. The SMILES string of the molecule is CCCCC(=O)N(CCC(=O)OC)CCC(C)C. The fourth-order valence-corrected chi connectivity index (χ4v) is 1.59. The molecule has 0 rings (SSSR count). The van der Waals surface area contributed by atoms with Gasteiger partial charge in [-0.2, -0.15) is 0 Å². The number of carbonyl (C=O) groups is 2. The highest BCUT2D eigenvalue weighted by atomic mass is 16.5. The Morgan fingerprint density at radius 2 is 1.83 bits per heavy atom. The normalized spacial score (nSPS) is 10.5. The number of esters is 1. The van der Waals surface area contributed by atoms with Crippen LogP contribution in [0.15, 0.2) is 0 Å². The van der Waals surface area contributed by atoms with Crippen molar-refractivity contribution in [2.45, 2.75) is 52.9 Å². The molecule has 0 aromatic carbocycles. The predicted octanol–water partition coefficient (Wildman–Crippen LogP) is 2.61. The number of hydrogen-bond acceptors (Lipinski definition) is 3. The Morgan fingerprint density at radius 3 is 2.33 bits per heavy atom. The van der Waals surface area contributed by atoms with Gasteiger partial charge in [0.25, 0.3) is 0 Å². The van der Waals surface area contributed by atoms with Crippen molar-refractivity contribution in [3.8, 4) is 0 Å². The molecule has 0 spiro atoms. The number of rotatable bonds is 9. The first-order valence-corrected chi connectivity index (χ1v) is 6.85. The van der Waals surface area contributed by atoms with Gasteiger partial charge in [-0.25, -0.2) is 0 Å². The second-order valence-corrected chi connectivity index (χ2v) is 4.99. The molecule has 0 N–H and O–H groups in total. The molecule has 0 saturated carbocycles. The van der Waals surface area contributed by atoms with Gasteiger partial charge in [-0.1, -0.05) is 27.2 Å². The smallest absolute Gasteiger partial charge is 0.307 e. The van der Waals surface area contributed by atoms with E-state index in [2.05, 4.69) is 25.5 Å². The van der Waals surface area contributed by atoms with Crippen LogP contribution in [0.4, 0.5) is 0 Å². The highest BCUT2D eigenvalue weighted by molar-refractivity contribution is 5.77. The maximum absolute atomic E-state index is 12.0. The summed E-state index contributed by atoms with van der Waals surface area (Å²) in [5.41, 5.74) is 0. The summed E-state index contributed by atoms with van der Waals surface area (Å²) in [5.74, 6) is 0.457. The Balaban J connectivity index is 4.22. The topological polar surface area (TPSA) is 46.6 Å². The second-order valence-electron chi connectivity index (χ2n) is 4.99. The lowest BCUT2D eigenvalue weighted by Gasteiger charge is -2.23. The predicted molar refractivity (Wildman–Crippen MR) is 72.2 cm³/mol. The van der Waals surface area contributed by atoms with E-state index in [1.165, 1.54) is 7.11 Å². The summed E-state index contributed by atoms with van der Waals surface area (Å²) in [6, 6.07) is 0. The van der Waals surface area contributed by atoms with E-state index < -0.39 is 0 Å². The fraction of sp³-hybridized carbons (Fsp3) is 0.857. The monoisotopic (exact) mass is 257 g/mol. The van der Waals surface area contributed by atoms with E-state index in [-0.39, 0.29) is 18.3 Å². The Labute approximate surface area is 111 Å². The van der Waals surface area contributed by atoms with Gasteiger partial charge in [-0.3, -0.25) is 9.59 Å². The molecule has 0 bridgehead atoms. The summed E-state index contributed by atoms with van der Waals surface area (Å²) < 4.78 is 4.61. The molecule has 0 aliphatic carbocycles. The van der Waals surface area contributed by atoms with E-state index >= 15 is 0 Å². The van der Waals surface area contributed by atoms with Crippen molar-refractivity contribution in [3.63, 3.8) is 0 Å². The lowest BCUT2D eigenvalue weighted by Crippen LogP contribution is -2.34. The molecule has 0 aliphatic rings. The molecule has 0 fully saturated rings. The number of ether oxygens (including phenoxy) is 1. The molecular weight excluding hydrogens is 230 g/mol. The number of amides is 1. The molecule has 0 aromatic rings. The van der Waals surface area contributed by atoms with Crippen LogP contribution in [0.1, 0.15) is 52.9 Å².